The number of allylic oxidation sites excluding steroid dienone is 2. The first-order chi connectivity index (χ1) is 17.2. The molecule has 0 radical (unpaired) electrons. The molecule has 0 aliphatic heterocycles. The molecule has 7 nitrogen and oxygen atoms in total. The second-order valence-corrected chi connectivity index (χ2v) is 16.7. The highest BCUT2D eigenvalue weighted by Crippen LogP contribution is 2.75. The van der Waals surface area contributed by atoms with Crippen LogP contribution in [0.1, 0.15) is 106 Å². The van der Waals surface area contributed by atoms with Gasteiger partial charge in [-0.1, -0.05) is 60.1 Å². The summed E-state index contributed by atoms with van der Waals surface area (Å²) >= 11 is 0. The van der Waals surface area contributed by atoms with Gasteiger partial charge in [0.15, 0.2) is 0 Å². The predicted molar refractivity (Wildman–Crippen MR) is 144 cm³/mol. The number of aliphatic hydroxyl groups excluding tert-OH is 1. The Bertz CT molecular complexity index is 1160. The maximum absolute atomic E-state index is 12.9. The van der Waals surface area contributed by atoms with E-state index >= 15 is 0 Å². The van der Waals surface area contributed by atoms with Crippen LogP contribution < -0.4 is 0 Å². The number of aliphatic hydroxyl groups is 1. The molecule has 0 spiro atoms. The first-order valence-electron chi connectivity index (χ1n) is 14.5. The van der Waals surface area contributed by atoms with Gasteiger partial charge in [-0.05, 0) is 103 Å². The van der Waals surface area contributed by atoms with Crippen LogP contribution in [0.4, 0.5) is 0 Å². The maximum Gasteiger partial charge on any atom is 0.397 e. The van der Waals surface area contributed by atoms with Crippen molar-refractivity contribution in [3.63, 3.8) is 0 Å². The summed E-state index contributed by atoms with van der Waals surface area (Å²) in [6.07, 6.45) is 7.53. The SMILES string of the molecule is CC1(C)CC[C@]2(C(=O)O)C(O)CC3(C)C(=CCC4[C@@]5(C)CC[C@H](OS(=O)(=O)O)C(C)(C)C5CC[C@]43C)[C@@H]2C1. The molecule has 0 aromatic carbocycles. The first-order valence-corrected chi connectivity index (χ1v) is 15.9. The van der Waals surface area contributed by atoms with Crippen LogP contribution in [0.15, 0.2) is 11.6 Å². The van der Waals surface area contributed by atoms with Crippen molar-refractivity contribution in [1.29, 1.82) is 0 Å². The lowest BCUT2D eigenvalue weighted by Crippen LogP contribution is -2.67. The minimum atomic E-state index is -4.54. The van der Waals surface area contributed by atoms with Gasteiger partial charge in [-0.25, -0.2) is 4.18 Å². The molecule has 4 unspecified atom stereocenters. The molecule has 216 valence electrons. The quantitative estimate of drug-likeness (QED) is 0.289. The molecule has 38 heavy (non-hydrogen) atoms. The Morgan fingerprint density at radius 1 is 0.947 bits per heavy atom. The minimum Gasteiger partial charge on any atom is -0.481 e. The van der Waals surface area contributed by atoms with E-state index in [0.29, 0.717) is 25.2 Å². The van der Waals surface area contributed by atoms with E-state index in [4.69, 9.17) is 4.18 Å². The number of hydrogen-bond acceptors (Lipinski definition) is 5. The van der Waals surface area contributed by atoms with Crippen molar-refractivity contribution in [2.75, 3.05) is 0 Å². The molecular formula is C30H48O7S. The zero-order valence-corrected chi connectivity index (χ0v) is 25.0. The van der Waals surface area contributed by atoms with Crippen LogP contribution in [0, 0.1) is 50.2 Å². The third-order valence-corrected chi connectivity index (χ3v) is 13.7. The van der Waals surface area contributed by atoms with E-state index in [1.807, 2.05) is 0 Å². The second-order valence-electron chi connectivity index (χ2n) is 15.7. The van der Waals surface area contributed by atoms with Crippen LogP contribution in [0.2, 0.25) is 0 Å². The normalized spacial score (nSPS) is 49.5. The topological polar surface area (TPSA) is 121 Å². The van der Waals surface area contributed by atoms with Crippen molar-refractivity contribution in [3.8, 4) is 0 Å². The Balaban J connectivity index is 1.58. The van der Waals surface area contributed by atoms with Gasteiger partial charge < -0.3 is 10.2 Å². The molecule has 0 saturated heterocycles. The average molecular weight is 553 g/mol. The number of hydrogen-bond donors (Lipinski definition) is 3. The fourth-order valence-electron chi connectivity index (χ4n) is 11.0. The van der Waals surface area contributed by atoms with Crippen LogP contribution in [-0.2, 0) is 19.4 Å². The number of aliphatic carboxylic acids is 1. The Morgan fingerprint density at radius 3 is 2.21 bits per heavy atom. The number of rotatable bonds is 3. The Morgan fingerprint density at radius 2 is 1.61 bits per heavy atom. The number of carbonyl (C=O) groups is 1. The highest BCUT2D eigenvalue weighted by atomic mass is 32.3. The summed E-state index contributed by atoms with van der Waals surface area (Å²) in [5.74, 6) is -0.492. The second kappa shape index (κ2) is 8.29. The van der Waals surface area contributed by atoms with Crippen LogP contribution in [0.3, 0.4) is 0 Å². The fraction of sp³-hybridized carbons (Fsp3) is 0.900. The summed E-state index contributed by atoms with van der Waals surface area (Å²) in [5, 5.41) is 22.3. The molecule has 0 aromatic rings. The van der Waals surface area contributed by atoms with Gasteiger partial charge in [-0.3, -0.25) is 9.35 Å². The summed E-state index contributed by atoms with van der Waals surface area (Å²) < 4.78 is 37.9. The van der Waals surface area contributed by atoms with Crippen molar-refractivity contribution in [1.82, 2.24) is 0 Å². The van der Waals surface area contributed by atoms with Crippen molar-refractivity contribution in [2.24, 2.45) is 50.2 Å². The molecule has 3 N–H and O–H groups in total. The smallest absolute Gasteiger partial charge is 0.397 e. The average Bonchev–Trinajstić information content (AvgIpc) is 2.75. The maximum atomic E-state index is 12.9. The summed E-state index contributed by atoms with van der Waals surface area (Å²) in [5.41, 5.74) is -0.765. The van der Waals surface area contributed by atoms with Crippen LogP contribution in [0.5, 0.6) is 0 Å². The van der Waals surface area contributed by atoms with Gasteiger partial charge in [0, 0.05) is 0 Å². The van der Waals surface area contributed by atoms with Gasteiger partial charge in [0.1, 0.15) is 5.41 Å². The molecule has 0 amide bonds. The molecule has 0 heterocycles. The zero-order chi connectivity index (χ0) is 28.3. The molecule has 5 aliphatic rings. The van der Waals surface area contributed by atoms with E-state index in [0.717, 1.165) is 38.5 Å². The molecule has 0 bridgehead atoms. The zero-order valence-electron chi connectivity index (χ0n) is 24.2. The molecule has 5 aliphatic carbocycles. The van der Waals surface area contributed by atoms with Crippen molar-refractivity contribution < 1.29 is 32.2 Å². The van der Waals surface area contributed by atoms with Crippen molar-refractivity contribution in [3.05, 3.63) is 11.6 Å². The van der Waals surface area contributed by atoms with Gasteiger partial charge in [-0.15, -0.1) is 0 Å². The van der Waals surface area contributed by atoms with Crippen molar-refractivity contribution >= 4 is 16.4 Å². The minimum absolute atomic E-state index is 0.0271. The molecule has 5 rings (SSSR count). The summed E-state index contributed by atoms with van der Waals surface area (Å²) in [4.78, 5) is 12.9. The van der Waals surface area contributed by atoms with E-state index < -0.39 is 39.4 Å². The Labute approximate surface area is 228 Å². The highest BCUT2D eigenvalue weighted by molar-refractivity contribution is 7.80. The number of carboxylic acids is 1. The third kappa shape index (κ3) is 3.68. The van der Waals surface area contributed by atoms with Crippen molar-refractivity contribution in [2.45, 2.75) is 118 Å². The van der Waals surface area contributed by atoms with Crippen LogP contribution in [-0.4, -0.2) is 41.4 Å². The monoisotopic (exact) mass is 552 g/mol. The van der Waals surface area contributed by atoms with Gasteiger partial charge in [0.05, 0.1) is 12.2 Å². The number of carboxylic acid groups (broad SMARTS) is 1. The Hall–Kier alpha value is -0.960. The standard InChI is InChI=1S/C30H48O7S/c1-25(2)14-15-30(24(32)33)19(16-25)18-8-9-21-27(5)12-11-23(37-38(34,35)36)26(3,4)20(27)10-13-28(21,6)29(18,7)17-22(30)31/h8,19-23,31H,9-17H2,1-7H3,(H,32,33)(H,34,35,36)/t19-,20?,21?,22?,23-,27-,28+,29?,30+/m0/s1. The molecule has 9 atom stereocenters. The van der Waals surface area contributed by atoms with Gasteiger partial charge >= 0.3 is 16.4 Å². The van der Waals surface area contributed by atoms with E-state index in [-0.39, 0.29) is 33.5 Å². The molecule has 4 saturated carbocycles. The van der Waals surface area contributed by atoms with E-state index in [1.54, 1.807) is 0 Å². The predicted octanol–water partition coefficient (Wildman–Crippen LogP) is 6.03. The van der Waals surface area contributed by atoms with Crippen LogP contribution in [0.25, 0.3) is 0 Å². The van der Waals surface area contributed by atoms with Crippen LogP contribution >= 0.6 is 0 Å². The summed E-state index contributed by atoms with van der Waals surface area (Å²) in [6, 6.07) is 0. The van der Waals surface area contributed by atoms with E-state index in [2.05, 4.69) is 54.5 Å². The lowest BCUT2D eigenvalue weighted by molar-refractivity contribution is -0.216. The lowest BCUT2D eigenvalue weighted by Gasteiger charge is -2.71. The highest BCUT2D eigenvalue weighted by Gasteiger charge is 2.71. The first kappa shape index (κ1) is 28.6. The van der Waals surface area contributed by atoms with E-state index in [9.17, 15) is 28.0 Å². The Kier molecular flexibility index (Phi) is 6.23. The molecule has 8 heteroatoms. The van der Waals surface area contributed by atoms with Gasteiger partial charge in [0.25, 0.3) is 0 Å². The van der Waals surface area contributed by atoms with E-state index in [1.165, 1.54) is 5.57 Å². The summed E-state index contributed by atoms with van der Waals surface area (Å²) in [7, 11) is -4.54. The number of fused-ring (bicyclic) bond motifs is 7. The lowest BCUT2D eigenvalue weighted by atomic mass is 9.33. The van der Waals surface area contributed by atoms with Gasteiger partial charge in [0.2, 0.25) is 0 Å². The fourth-order valence-corrected chi connectivity index (χ4v) is 11.7. The third-order valence-electron chi connectivity index (χ3n) is 13.3. The largest absolute Gasteiger partial charge is 0.481 e. The molecular weight excluding hydrogens is 504 g/mol. The summed E-state index contributed by atoms with van der Waals surface area (Å²) in [6.45, 7) is 15.7. The van der Waals surface area contributed by atoms with Gasteiger partial charge in [-0.2, -0.15) is 8.42 Å². The molecule has 4 fully saturated rings. The molecule has 0 aromatic heterocycles.